The minimum absolute atomic E-state index is 0.0000680. The maximum atomic E-state index is 12.5. The highest BCUT2D eigenvalue weighted by molar-refractivity contribution is 7.10. The van der Waals surface area contributed by atoms with Crippen molar-refractivity contribution in [1.82, 2.24) is 4.90 Å². The van der Waals surface area contributed by atoms with E-state index in [1.807, 2.05) is 22.4 Å². The summed E-state index contributed by atoms with van der Waals surface area (Å²) in [6, 6.07) is 3.28. The molecular weight excluding hydrogens is 272 g/mol. The Labute approximate surface area is 123 Å². The van der Waals surface area contributed by atoms with Crippen LogP contribution in [0.2, 0.25) is 0 Å². The van der Waals surface area contributed by atoms with Gasteiger partial charge in [0.25, 0.3) is 0 Å². The molecule has 1 amide bonds. The number of nitrogens with two attached hydrogens (primary N) is 1. The van der Waals surface area contributed by atoms with Crippen molar-refractivity contribution >= 4 is 17.2 Å². The molecule has 1 aromatic heterocycles. The molecule has 3 rings (SSSR count). The quantitative estimate of drug-likeness (QED) is 0.875. The van der Waals surface area contributed by atoms with Gasteiger partial charge in [0, 0.05) is 23.9 Å². The Kier molecular flexibility index (Phi) is 3.84. The lowest BCUT2D eigenvalue weighted by molar-refractivity contribution is -0.144. The number of thiophene rings is 1. The summed E-state index contributed by atoms with van der Waals surface area (Å²) >= 11 is 1.52. The zero-order valence-corrected chi connectivity index (χ0v) is 12.4. The highest BCUT2D eigenvalue weighted by Crippen LogP contribution is 2.40. The molecule has 0 aromatic carbocycles. The molecule has 0 radical (unpaired) electrons. The predicted molar refractivity (Wildman–Crippen MR) is 79.4 cm³/mol. The second kappa shape index (κ2) is 5.47. The number of aliphatic hydroxyl groups is 1. The van der Waals surface area contributed by atoms with Crippen LogP contribution in [0.1, 0.15) is 43.0 Å². The number of amides is 1. The third kappa shape index (κ3) is 2.50. The van der Waals surface area contributed by atoms with E-state index in [1.165, 1.54) is 11.3 Å². The molecule has 3 N–H and O–H groups in total. The number of hydrogen-bond donors (Lipinski definition) is 2. The second-order valence-corrected chi connectivity index (χ2v) is 7.05. The van der Waals surface area contributed by atoms with Gasteiger partial charge in [0.15, 0.2) is 0 Å². The summed E-state index contributed by atoms with van der Waals surface area (Å²) in [6.07, 6.45) is 4.87. The molecule has 1 aromatic rings. The van der Waals surface area contributed by atoms with Gasteiger partial charge in [0.05, 0.1) is 5.60 Å². The molecule has 110 valence electrons. The maximum absolute atomic E-state index is 12.5. The van der Waals surface area contributed by atoms with E-state index in [4.69, 9.17) is 5.73 Å². The molecular formula is C15H22N2O2S. The topological polar surface area (TPSA) is 66.6 Å². The molecule has 5 heteroatoms. The largest absolute Gasteiger partial charge is 0.389 e. The van der Waals surface area contributed by atoms with E-state index >= 15 is 0 Å². The minimum atomic E-state index is -0.551. The van der Waals surface area contributed by atoms with Crippen LogP contribution in [0.15, 0.2) is 17.5 Å². The average Bonchev–Trinajstić information content (AvgIpc) is 2.99. The molecule has 1 saturated heterocycles. The Bertz CT molecular complexity index is 476. The number of nitrogens with zero attached hydrogens (tertiary/aromatic N) is 1. The van der Waals surface area contributed by atoms with Crippen LogP contribution < -0.4 is 5.73 Å². The first-order valence-electron chi connectivity index (χ1n) is 7.40. The zero-order valence-electron chi connectivity index (χ0n) is 11.6. The van der Waals surface area contributed by atoms with E-state index in [0.717, 1.165) is 30.6 Å². The maximum Gasteiger partial charge on any atom is 0.244 e. The lowest BCUT2D eigenvalue weighted by Gasteiger charge is -2.47. The van der Waals surface area contributed by atoms with E-state index in [0.29, 0.717) is 19.5 Å². The van der Waals surface area contributed by atoms with Crippen molar-refractivity contribution in [2.24, 2.45) is 11.7 Å². The molecule has 1 aliphatic carbocycles. The van der Waals surface area contributed by atoms with Gasteiger partial charge in [-0.3, -0.25) is 4.79 Å². The molecule has 1 saturated carbocycles. The Morgan fingerprint density at radius 2 is 2.35 bits per heavy atom. The molecule has 4 nitrogen and oxygen atoms in total. The number of hydrogen-bond acceptors (Lipinski definition) is 4. The van der Waals surface area contributed by atoms with Crippen molar-refractivity contribution in [3.05, 3.63) is 22.4 Å². The van der Waals surface area contributed by atoms with Crippen LogP contribution in [0.4, 0.5) is 0 Å². The fraction of sp³-hybridized carbons (Fsp3) is 0.667. The van der Waals surface area contributed by atoms with Crippen LogP contribution in [-0.2, 0) is 4.79 Å². The fourth-order valence-corrected chi connectivity index (χ4v) is 4.28. The first-order chi connectivity index (χ1) is 9.60. The summed E-state index contributed by atoms with van der Waals surface area (Å²) in [7, 11) is 0. The van der Waals surface area contributed by atoms with Crippen molar-refractivity contribution < 1.29 is 9.90 Å². The second-order valence-electron chi connectivity index (χ2n) is 6.07. The molecule has 2 heterocycles. The van der Waals surface area contributed by atoms with Crippen molar-refractivity contribution in [2.75, 3.05) is 13.1 Å². The van der Waals surface area contributed by atoms with Crippen LogP contribution in [-0.4, -0.2) is 34.6 Å². The smallest absolute Gasteiger partial charge is 0.244 e. The van der Waals surface area contributed by atoms with E-state index in [1.54, 1.807) is 0 Å². The van der Waals surface area contributed by atoms with Gasteiger partial charge in [-0.05, 0) is 30.7 Å². The highest BCUT2D eigenvalue weighted by atomic mass is 32.1. The van der Waals surface area contributed by atoms with Gasteiger partial charge < -0.3 is 15.7 Å². The van der Waals surface area contributed by atoms with Crippen LogP contribution >= 0.6 is 11.3 Å². The Balaban J connectivity index is 1.68. The SMILES string of the molecule is NC(C(=O)N1CCC2(O)CCCCC2C1)c1cccs1. The Hall–Kier alpha value is -0.910. The van der Waals surface area contributed by atoms with E-state index < -0.39 is 11.6 Å². The highest BCUT2D eigenvalue weighted by Gasteiger charge is 2.44. The van der Waals surface area contributed by atoms with Crippen LogP contribution in [0.25, 0.3) is 0 Å². The predicted octanol–water partition coefficient (Wildman–Crippen LogP) is 1.90. The fourth-order valence-electron chi connectivity index (χ4n) is 3.56. The first kappa shape index (κ1) is 14.0. The van der Waals surface area contributed by atoms with Crippen molar-refractivity contribution in [2.45, 2.75) is 43.7 Å². The summed E-state index contributed by atoms with van der Waals surface area (Å²) in [4.78, 5) is 15.3. The standard InChI is InChI=1S/C15H22N2O2S/c16-13(12-5-3-9-20-12)14(18)17-8-7-15(19)6-2-1-4-11(15)10-17/h3,5,9,11,13,19H,1-2,4,6-8,10,16H2. The van der Waals surface area contributed by atoms with Gasteiger partial charge in [-0.1, -0.05) is 18.9 Å². The van der Waals surface area contributed by atoms with Gasteiger partial charge in [-0.2, -0.15) is 0 Å². The number of carbonyl (C=O) groups is 1. The number of piperidine rings is 1. The van der Waals surface area contributed by atoms with Crippen LogP contribution in [0.5, 0.6) is 0 Å². The minimum Gasteiger partial charge on any atom is -0.389 e. The lowest BCUT2D eigenvalue weighted by Crippen LogP contribution is -2.55. The van der Waals surface area contributed by atoms with Gasteiger partial charge >= 0.3 is 0 Å². The zero-order chi connectivity index (χ0) is 14.2. The monoisotopic (exact) mass is 294 g/mol. The molecule has 20 heavy (non-hydrogen) atoms. The molecule has 3 atom stereocenters. The number of carbonyl (C=O) groups excluding carboxylic acids is 1. The van der Waals surface area contributed by atoms with E-state index in [9.17, 15) is 9.90 Å². The van der Waals surface area contributed by atoms with E-state index in [2.05, 4.69) is 0 Å². The third-order valence-corrected chi connectivity index (χ3v) is 5.81. The summed E-state index contributed by atoms with van der Waals surface area (Å²) in [5, 5.41) is 12.6. The summed E-state index contributed by atoms with van der Waals surface area (Å²) < 4.78 is 0. The van der Waals surface area contributed by atoms with Gasteiger partial charge in [-0.25, -0.2) is 0 Å². The van der Waals surface area contributed by atoms with E-state index in [-0.39, 0.29) is 11.8 Å². The number of fused-ring (bicyclic) bond motifs is 1. The Morgan fingerprint density at radius 1 is 1.50 bits per heavy atom. The number of likely N-dealkylation sites (tertiary alicyclic amines) is 1. The third-order valence-electron chi connectivity index (χ3n) is 4.86. The summed E-state index contributed by atoms with van der Waals surface area (Å²) in [6.45, 7) is 1.29. The molecule has 3 unspecified atom stereocenters. The molecule has 2 fully saturated rings. The summed E-state index contributed by atoms with van der Waals surface area (Å²) in [5.41, 5.74) is 5.53. The van der Waals surface area contributed by atoms with Crippen molar-refractivity contribution in [3.63, 3.8) is 0 Å². The Morgan fingerprint density at radius 3 is 3.10 bits per heavy atom. The number of rotatable bonds is 2. The molecule has 0 bridgehead atoms. The van der Waals surface area contributed by atoms with Crippen molar-refractivity contribution in [1.29, 1.82) is 0 Å². The molecule has 0 spiro atoms. The average molecular weight is 294 g/mol. The summed E-state index contributed by atoms with van der Waals surface area (Å²) in [5.74, 6) is 0.226. The molecule has 2 aliphatic rings. The van der Waals surface area contributed by atoms with Crippen LogP contribution in [0.3, 0.4) is 0 Å². The van der Waals surface area contributed by atoms with Gasteiger partial charge in [-0.15, -0.1) is 11.3 Å². The molecule has 1 aliphatic heterocycles. The van der Waals surface area contributed by atoms with Gasteiger partial charge in [0.1, 0.15) is 6.04 Å². The lowest BCUT2D eigenvalue weighted by atomic mass is 9.71. The van der Waals surface area contributed by atoms with Crippen molar-refractivity contribution in [3.8, 4) is 0 Å². The normalized spacial score (nSPS) is 31.7. The van der Waals surface area contributed by atoms with Gasteiger partial charge in [0.2, 0.25) is 5.91 Å². The first-order valence-corrected chi connectivity index (χ1v) is 8.28. The van der Waals surface area contributed by atoms with Crippen LogP contribution in [0, 0.1) is 5.92 Å².